The summed E-state index contributed by atoms with van der Waals surface area (Å²) in [6.07, 6.45) is 5.17. The van der Waals surface area contributed by atoms with Gasteiger partial charge in [-0.2, -0.15) is 9.61 Å². The highest BCUT2D eigenvalue weighted by Crippen LogP contribution is 2.23. The number of benzene rings is 2. The van der Waals surface area contributed by atoms with Gasteiger partial charge in [0.25, 0.3) is 5.91 Å². The van der Waals surface area contributed by atoms with Gasteiger partial charge in [0.1, 0.15) is 0 Å². The van der Waals surface area contributed by atoms with Crippen molar-refractivity contribution < 1.29 is 4.79 Å². The molecule has 0 bridgehead atoms. The number of hydrogen-bond acceptors (Lipinski definition) is 5. The summed E-state index contributed by atoms with van der Waals surface area (Å²) in [6, 6.07) is 22.8. The topological polar surface area (TPSA) is 101 Å². The average Bonchev–Trinajstić information content (AvgIpc) is 3.49. The normalized spacial score (nSPS) is 11.2. The highest BCUT2D eigenvalue weighted by Gasteiger charge is 2.13. The maximum absolute atomic E-state index is 12.8. The third-order valence-corrected chi connectivity index (χ3v) is 5.45. The van der Waals surface area contributed by atoms with Crippen molar-refractivity contribution in [1.82, 2.24) is 29.8 Å². The minimum absolute atomic E-state index is 0.162. The van der Waals surface area contributed by atoms with E-state index in [1.807, 2.05) is 72.8 Å². The van der Waals surface area contributed by atoms with E-state index in [0.717, 1.165) is 27.7 Å². The van der Waals surface area contributed by atoms with Gasteiger partial charge in [0.05, 0.1) is 11.3 Å². The molecule has 4 heterocycles. The molecule has 6 aromatic rings. The Morgan fingerprint density at radius 3 is 2.61 bits per heavy atom. The molecule has 2 aromatic carbocycles. The molecule has 0 radical (unpaired) electrons. The van der Waals surface area contributed by atoms with Crippen molar-refractivity contribution in [3.05, 3.63) is 97.0 Å². The summed E-state index contributed by atoms with van der Waals surface area (Å²) < 4.78 is 1.71. The number of pyridine rings is 1. The number of fused-ring (bicyclic) bond motifs is 2. The second-order valence-electron chi connectivity index (χ2n) is 7.53. The van der Waals surface area contributed by atoms with Crippen LogP contribution in [-0.2, 0) is 0 Å². The number of aromatic amines is 1. The molecular weight excluding hydrogens is 414 g/mol. The molecule has 0 unspecified atom stereocenters. The molecule has 0 aliphatic rings. The van der Waals surface area contributed by atoms with Crippen LogP contribution in [0.5, 0.6) is 0 Å². The molecule has 1 amide bonds. The number of carbonyl (C=O) groups excluding carboxylic acids is 1. The van der Waals surface area contributed by atoms with Crippen LogP contribution in [0.1, 0.15) is 10.4 Å². The number of anilines is 1. The number of nitrogens with zero attached hydrogens (tertiary/aromatic N) is 5. The lowest BCUT2D eigenvalue weighted by Crippen LogP contribution is -2.11. The molecule has 33 heavy (non-hydrogen) atoms. The maximum atomic E-state index is 12.8. The summed E-state index contributed by atoms with van der Waals surface area (Å²) in [5, 5.41) is 17.0. The van der Waals surface area contributed by atoms with Crippen LogP contribution in [0.25, 0.3) is 39.2 Å². The lowest BCUT2D eigenvalue weighted by Gasteiger charge is -2.07. The average molecular weight is 431 g/mol. The van der Waals surface area contributed by atoms with E-state index in [4.69, 9.17) is 5.10 Å². The monoisotopic (exact) mass is 431 g/mol. The Balaban J connectivity index is 1.27. The fourth-order valence-corrected chi connectivity index (χ4v) is 3.80. The van der Waals surface area contributed by atoms with Crippen LogP contribution in [0.2, 0.25) is 0 Å². The second-order valence-corrected chi connectivity index (χ2v) is 7.53. The Kier molecular flexibility index (Phi) is 4.40. The van der Waals surface area contributed by atoms with Crippen LogP contribution < -0.4 is 5.32 Å². The van der Waals surface area contributed by atoms with E-state index in [0.29, 0.717) is 22.7 Å². The highest BCUT2D eigenvalue weighted by molar-refractivity contribution is 6.12. The van der Waals surface area contributed by atoms with Crippen LogP contribution in [0.4, 0.5) is 5.69 Å². The zero-order valence-corrected chi connectivity index (χ0v) is 17.3. The van der Waals surface area contributed by atoms with Crippen LogP contribution in [0, 0.1) is 0 Å². The first kappa shape index (κ1) is 18.9. The molecule has 2 N–H and O–H groups in total. The first-order valence-corrected chi connectivity index (χ1v) is 10.4. The highest BCUT2D eigenvalue weighted by atomic mass is 16.1. The molecule has 0 aliphatic heterocycles. The van der Waals surface area contributed by atoms with Crippen molar-refractivity contribution in [2.75, 3.05) is 5.32 Å². The van der Waals surface area contributed by atoms with Crippen molar-refractivity contribution in [2.24, 2.45) is 0 Å². The molecule has 0 aliphatic carbocycles. The van der Waals surface area contributed by atoms with E-state index in [1.54, 1.807) is 23.1 Å². The van der Waals surface area contributed by atoms with E-state index in [1.165, 1.54) is 0 Å². The van der Waals surface area contributed by atoms with Crippen LogP contribution in [0.3, 0.4) is 0 Å². The summed E-state index contributed by atoms with van der Waals surface area (Å²) in [5.41, 5.74) is 5.41. The molecule has 0 saturated heterocycles. The van der Waals surface area contributed by atoms with Gasteiger partial charge in [-0.25, -0.2) is 0 Å². The van der Waals surface area contributed by atoms with Gasteiger partial charge in [-0.05, 0) is 42.5 Å². The summed E-state index contributed by atoms with van der Waals surface area (Å²) in [7, 11) is 0. The zero-order chi connectivity index (χ0) is 22.2. The summed E-state index contributed by atoms with van der Waals surface area (Å²) >= 11 is 0. The predicted octanol–water partition coefficient (Wildman–Crippen LogP) is 4.59. The van der Waals surface area contributed by atoms with Crippen molar-refractivity contribution in [3.63, 3.8) is 0 Å². The number of para-hydroxylation sites is 1. The second kappa shape index (κ2) is 7.69. The Morgan fingerprint density at radius 1 is 0.879 bits per heavy atom. The van der Waals surface area contributed by atoms with Gasteiger partial charge >= 0.3 is 0 Å². The molecule has 4 aromatic heterocycles. The number of carbonyl (C=O) groups is 1. The molecule has 8 heteroatoms. The maximum Gasteiger partial charge on any atom is 0.257 e. The number of aromatic nitrogens is 6. The summed E-state index contributed by atoms with van der Waals surface area (Å²) in [5.74, 6) is 0.466. The summed E-state index contributed by atoms with van der Waals surface area (Å²) in [4.78, 5) is 20.0. The molecule has 8 nitrogen and oxygen atoms in total. The van der Waals surface area contributed by atoms with E-state index >= 15 is 0 Å². The molecule has 0 atom stereocenters. The van der Waals surface area contributed by atoms with Gasteiger partial charge in [0, 0.05) is 46.3 Å². The Hall–Kier alpha value is -4.85. The Labute approximate surface area is 188 Å². The van der Waals surface area contributed by atoms with Crippen molar-refractivity contribution in [1.29, 1.82) is 0 Å². The first-order valence-electron chi connectivity index (χ1n) is 10.4. The summed E-state index contributed by atoms with van der Waals surface area (Å²) in [6.45, 7) is 0. The minimum atomic E-state index is -0.162. The van der Waals surface area contributed by atoms with Gasteiger partial charge in [-0.15, -0.1) is 10.2 Å². The fourth-order valence-electron chi connectivity index (χ4n) is 3.80. The van der Waals surface area contributed by atoms with Crippen LogP contribution in [0.15, 0.2) is 91.4 Å². The largest absolute Gasteiger partial charge is 0.360 e. The molecule has 0 spiro atoms. The van der Waals surface area contributed by atoms with Crippen LogP contribution in [-0.4, -0.2) is 35.7 Å². The predicted molar refractivity (Wildman–Crippen MR) is 126 cm³/mol. The van der Waals surface area contributed by atoms with E-state index in [-0.39, 0.29) is 5.91 Å². The quantitative estimate of drug-likeness (QED) is 0.425. The number of rotatable bonds is 4. The third-order valence-electron chi connectivity index (χ3n) is 5.45. The van der Waals surface area contributed by atoms with E-state index in [9.17, 15) is 4.79 Å². The molecule has 0 fully saturated rings. The lowest BCUT2D eigenvalue weighted by molar-refractivity contribution is 0.102. The lowest BCUT2D eigenvalue weighted by atomic mass is 10.1. The van der Waals surface area contributed by atoms with Crippen LogP contribution >= 0.6 is 0 Å². The SMILES string of the molecule is O=C(Nc1ccc(-c2ccc3nnc(-c4cccnc4)n3n2)cc1)c1c[nH]c2ccccc12. The van der Waals surface area contributed by atoms with E-state index in [2.05, 4.69) is 25.5 Å². The number of nitrogens with one attached hydrogen (secondary N) is 2. The van der Waals surface area contributed by atoms with Crippen molar-refractivity contribution >= 4 is 28.1 Å². The third kappa shape index (κ3) is 3.39. The standard InChI is InChI=1S/C25H17N7O/c33-25(20-15-27-22-6-2-1-5-19(20)22)28-18-9-7-16(8-10-18)21-11-12-23-29-30-24(32(23)31-21)17-4-3-13-26-14-17/h1-15,27H,(H,28,33). The van der Waals surface area contributed by atoms with Gasteiger partial charge < -0.3 is 10.3 Å². The zero-order valence-electron chi connectivity index (χ0n) is 17.3. The molecule has 158 valence electrons. The van der Waals surface area contributed by atoms with E-state index < -0.39 is 0 Å². The van der Waals surface area contributed by atoms with Gasteiger partial charge in [0.15, 0.2) is 11.5 Å². The Morgan fingerprint density at radius 2 is 1.76 bits per heavy atom. The number of hydrogen-bond donors (Lipinski definition) is 2. The minimum Gasteiger partial charge on any atom is -0.360 e. The smallest absolute Gasteiger partial charge is 0.257 e. The van der Waals surface area contributed by atoms with Crippen molar-refractivity contribution in [3.8, 4) is 22.6 Å². The molecular formula is C25H17N7O. The van der Waals surface area contributed by atoms with Crippen molar-refractivity contribution in [2.45, 2.75) is 0 Å². The number of H-pyrrole nitrogens is 1. The first-order chi connectivity index (χ1) is 16.3. The molecule has 6 rings (SSSR count). The van der Waals surface area contributed by atoms with Gasteiger partial charge in [-0.3, -0.25) is 9.78 Å². The molecule has 0 saturated carbocycles. The Bertz CT molecular complexity index is 1600. The fraction of sp³-hybridized carbons (Fsp3) is 0. The van der Waals surface area contributed by atoms with Gasteiger partial charge in [-0.1, -0.05) is 30.3 Å². The number of amides is 1. The van der Waals surface area contributed by atoms with Gasteiger partial charge in [0.2, 0.25) is 0 Å².